The van der Waals surface area contributed by atoms with E-state index in [1.807, 2.05) is 13.8 Å². The average molecular weight is 329 g/mol. The molecule has 3 aliphatic rings. The van der Waals surface area contributed by atoms with Crippen molar-refractivity contribution in [3.8, 4) is 5.75 Å². The van der Waals surface area contributed by atoms with Crippen molar-refractivity contribution < 1.29 is 14.3 Å². The Balaban J connectivity index is 1.64. The van der Waals surface area contributed by atoms with Crippen molar-refractivity contribution >= 4 is 11.9 Å². The summed E-state index contributed by atoms with van der Waals surface area (Å²) in [5, 5.41) is 3.05. The Kier molecular flexibility index (Phi) is 3.34. The number of aromatic nitrogens is 1. The van der Waals surface area contributed by atoms with Gasteiger partial charge in [0.05, 0.1) is 19.3 Å². The summed E-state index contributed by atoms with van der Waals surface area (Å²) in [5.74, 6) is 1.34. The van der Waals surface area contributed by atoms with Crippen LogP contribution < -0.4 is 10.1 Å². The van der Waals surface area contributed by atoms with E-state index in [1.165, 1.54) is 4.90 Å². The maximum atomic E-state index is 13.1. The van der Waals surface area contributed by atoms with Crippen LogP contribution in [0, 0.1) is 25.7 Å². The maximum Gasteiger partial charge on any atom is 0.325 e. The van der Waals surface area contributed by atoms with Crippen LogP contribution in [-0.2, 0) is 11.3 Å². The Morgan fingerprint density at radius 1 is 1.25 bits per heavy atom. The lowest BCUT2D eigenvalue weighted by Gasteiger charge is -2.26. The normalized spacial score (nSPS) is 22.7. The van der Waals surface area contributed by atoms with Gasteiger partial charge in [-0.15, -0.1) is 0 Å². The molecule has 24 heavy (non-hydrogen) atoms. The van der Waals surface area contributed by atoms with E-state index < -0.39 is 5.54 Å². The number of hydrogen-bond donors (Lipinski definition) is 1. The molecular formula is C18H23N3O3. The lowest BCUT2D eigenvalue weighted by atomic mass is 9.87. The van der Waals surface area contributed by atoms with E-state index in [2.05, 4.69) is 10.3 Å². The predicted molar refractivity (Wildman–Crippen MR) is 87.5 cm³/mol. The van der Waals surface area contributed by atoms with Gasteiger partial charge in [0.25, 0.3) is 5.91 Å². The van der Waals surface area contributed by atoms with Crippen LogP contribution in [0.2, 0.25) is 0 Å². The number of rotatable bonds is 5. The number of nitrogens with zero attached hydrogens (tertiary/aromatic N) is 2. The van der Waals surface area contributed by atoms with Crippen molar-refractivity contribution in [1.82, 2.24) is 15.2 Å². The Bertz CT molecular complexity index is 710. The first-order chi connectivity index (χ1) is 11.5. The Morgan fingerprint density at radius 2 is 1.88 bits per heavy atom. The number of methoxy groups -OCH3 is 1. The molecule has 0 radical (unpaired) electrons. The summed E-state index contributed by atoms with van der Waals surface area (Å²) in [6.45, 7) is 4.05. The van der Waals surface area contributed by atoms with Gasteiger partial charge in [0.1, 0.15) is 11.3 Å². The number of urea groups is 1. The zero-order valence-electron chi connectivity index (χ0n) is 14.4. The zero-order valence-corrected chi connectivity index (χ0v) is 14.4. The minimum absolute atomic E-state index is 0.0572. The molecule has 1 aromatic heterocycles. The second-order valence-electron chi connectivity index (χ2n) is 7.29. The van der Waals surface area contributed by atoms with Crippen LogP contribution >= 0.6 is 0 Å². The predicted octanol–water partition coefficient (Wildman–Crippen LogP) is 2.32. The van der Waals surface area contributed by atoms with E-state index in [-0.39, 0.29) is 18.5 Å². The lowest BCUT2D eigenvalue weighted by molar-refractivity contribution is -0.133. The molecule has 0 bridgehead atoms. The molecule has 3 amide bonds. The molecule has 2 saturated carbocycles. The van der Waals surface area contributed by atoms with Gasteiger partial charge >= 0.3 is 6.03 Å². The van der Waals surface area contributed by atoms with Gasteiger partial charge in [-0.2, -0.15) is 0 Å². The maximum absolute atomic E-state index is 13.1. The van der Waals surface area contributed by atoms with E-state index in [0.717, 1.165) is 42.6 Å². The number of nitrogens with one attached hydrogen (secondary N) is 1. The topological polar surface area (TPSA) is 71.5 Å². The van der Waals surface area contributed by atoms with Gasteiger partial charge in [-0.25, -0.2) is 4.79 Å². The summed E-state index contributed by atoms with van der Waals surface area (Å²) < 4.78 is 5.43. The fourth-order valence-electron chi connectivity index (χ4n) is 4.10. The molecular weight excluding hydrogens is 306 g/mol. The molecule has 0 atom stereocenters. The first kappa shape index (κ1) is 15.4. The Labute approximate surface area is 141 Å². The van der Waals surface area contributed by atoms with E-state index in [0.29, 0.717) is 17.5 Å². The largest absolute Gasteiger partial charge is 0.496 e. The van der Waals surface area contributed by atoms with Crippen molar-refractivity contribution in [2.24, 2.45) is 11.8 Å². The van der Waals surface area contributed by atoms with Crippen LogP contribution in [0.5, 0.6) is 5.75 Å². The number of carbonyl (C=O) groups is 2. The Morgan fingerprint density at radius 3 is 2.42 bits per heavy atom. The molecule has 2 heterocycles. The molecule has 128 valence electrons. The third-order valence-electron chi connectivity index (χ3n) is 5.66. The summed E-state index contributed by atoms with van der Waals surface area (Å²) in [5.41, 5.74) is 1.90. The van der Waals surface area contributed by atoms with Crippen LogP contribution in [0.1, 0.15) is 42.5 Å². The highest BCUT2D eigenvalue weighted by molar-refractivity contribution is 6.07. The number of pyridine rings is 1. The fraction of sp³-hybridized carbons (Fsp3) is 0.611. The summed E-state index contributed by atoms with van der Waals surface area (Å²) in [7, 11) is 1.62. The van der Waals surface area contributed by atoms with Gasteiger partial charge in [0, 0.05) is 17.3 Å². The van der Waals surface area contributed by atoms with Gasteiger partial charge in [-0.05, 0) is 51.4 Å². The highest BCUT2D eigenvalue weighted by Crippen LogP contribution is 2.54. The first-order valence-electron chi connectivity index (χ1n) is 8.62. The number of imide groups is 1. The van der Waals surface area contributed by atoms with E-state index in [9.17, 15) is 9.59 Å². The molecule has 6 nitrogen and oxygen atoms in total. The quantitative estimate of drug-likeness (QED) is 0.842. The molecule has 2 aliphatic carbocycles. The van der Waals surface area contributed by atoms with E-state index in [4.69, 9.17) is 4.74 Å². The molecule has 4 rings (SSSR count). The number of aryl methyl sites for hydroxylation is 1. The Hall–Kier alpha value is -2.11. The molecule has 0 unspecified atom stereocenters. The smallest absolute Gasteiger partial charge is 0.325 e. The minimum atomic E-state index is -0.639. The monoisotopic (exact) mass is 329 g/mol. The molecule has 3 fully saturated rings. The number of amides is 3. The van der Waals surface area contributed by atoms with Gasteiger partial charge in [-0.1, -0.05) is 0 Å². The third kappa shape index (κ3) is 2.12. The van der Waals surface area contributed by atoms with Crippen LogP contribution in [-0.4, -0.2) is 34.5 Å². The number of ether oxygens (including phenoxy) is 1. The molecule has 0 aromatic carbocycles. The van der Waals surface area contributed by atoms with Crippen molar-refractivity contribution in [2.45, 2.75) is 51.6 Å². The van der Waals surface area contributed by atoms with Gasteiger partial charge < -0.3 is 10.1 Å². The highest BCUT2D eigenvalue weighted by atomic mass is 16.5. The third-order valence-corrected chi connectivity index (χ3v) is 5.66. The number of carbonyl (C=O) groups excluding carboxylic acids is 2. The molecule has 6 heteroatoms. The molecule has 1 aromatic rings. The molecule has 1 aliphatic heterocycles. The summed E-state index contributed by atoms with van der Waals surface area (Å²) in [6, 6.07) is -0.278. The lowest BCUT2D eigenvalue weighted by Crippen LogP contribution is -2.51. The summed E-state index contributed by atoms with van der Waals surface area (Å²) in [4.78, 5) is 31.4. The van der Waals surface area contributed by atoms with Crippen molar-refractivity contribution in [1.29, 1.82) is 0 Å². The van der Waals surface area contributed by atoms with Crippen molar-refractivity contribution in [2.75, 3.05) is 7.11 Å². The van der Waals surface area contributed by atoms with Crippen molar-refractivity contribution in [3.05, 3.63) is 23.0 Å². The van der Waals surface area contributed by atoms with Crippen LogP contribution in [0.3, 0.4) is 0 Å². The van der Waals surface area contributed by atoms with Crippen LogP contribution in [0.15, 0.2) is 6.20 Å². The van der Waals surface area contributed by atoms with Crippen LogP contribution in [0.4, 0.5) is 4.79 Å². The first-order valence-corrected chi connectivity index (χ1v) is 8.62. The average Bonchev–Trinajstić information content (AvgIpc) is 3.45. The molecule has 0 spiro atoms. The van der Waals surface area contributed by atoms with E-state index >= 15 is 0 Å². The summed E-state index contributed by atoms with van der Waals surface area (Å²) >= 11 is 0. The second-order valence-corrected chi connectivity index (χ2v) is 7.29. The van der Waals surface area contributed by atoms with Gasteiger partial charge in [0.15, 0.2) is 0 Å². The molecule has 1 N–H and O–H groups in total. The summed E-state index contributed by atoms with van der Waals surface area (Å²) in [6.07, 6.45) is 5.87. The second kappa shape index (κ2) is 5.19. The molecule has 1 saturated heterocycles. The SMILES string of the molecule is COc1c(C)cnc(CN2C(=O)NC(C3CC3)(C3CC3)C2=O)c1C. The fourth-order valence-corrected chi connectivity index (χ4v) is 4.10. The zero-order chi connectivity index (χ0) is 17.1. The highest BCUT2D eigenvalue weighted by Gasteiger charge is 2.65. The van der Waals surface area contributed by atoms with Crippen LogP contribution in [0.25, 0.3) is 0 Å². The minimum Gasteiger partial charge on any atom is -0.496 e. The number of hydrogen-bond acceptors (Lipinski definition) is 4. The standard InChI is InChI=1S/C18H23N3O3/c1-10-8-19-14(11(2)15(10)24-3)9-21-16(22)18(12-4-5-12,13-6-7-13)20-17(21)23/h8,12-13H,4-7,9H2,1-3H3,(H,20,23). The van der Waals surface area contributed by atoms with Gasteiger partial charge in [0.2, 0.25) is 0 Å². The van der Waals surface area contributed by atoms with Gasteiger partial charge in [-0.3, -0.25) is 14.7 Å². The van der Waals surface area contributed by atoms with E-state index in [1.54, 1.807) is 13.3 Å². The van der Waals surface area contributed by atoms with Crippen molar-refractivity contribution in [3.63, 3.8) is 0 Å².